The van der Waals surface area contributed by atoms with Crippen molar-refractivity contribution in [2.75, 3.05) is 14.2 Å². The van der Waals surface area contributed by atoms with Gasteiger partial charge in [-0.3, -0.25) is 0 Å². The lowest BCUT2D eigenvalue weighted by atomic mass is 10.1. The molecule has 4 nitrogen and oxygen atoms in total. The third-order valence-corrected chi connectivity index (χ3v) is 1.83. The van der Waals surface area contributed by atoms with Crippen molar-refractivity contribution in [2.24, 2.45) is 0 Å². The summed E-state index contributed by atoms with van der Waals surface area (Å²) in [7, 11) is 2.39. The predicted molar refractivity (Wildman–Crippen MR) is 47.8 cm³/mol. The molecule has 0 unspecified atom stereocenters. The molecule has 0 aliphatic carbocycles. The third-order valence-electron chi connectivity index (χ3n) is 1.83. The van der Waals surface area contributed by atoms with Crippen LogP contribution in [0.1, 0.15) is 5.56 Å². The van der Waals surface area contributed by atoms with E-state index in [1.54, 1.807) is 0 Å². The summed E-state index contributed by atoms with van der Waals surface area (Å²) in [4.78, 5) is 0. The number of benzene rings is 1. The van der Waals surface area contributed by atoms with Crippen LogP contribution in [-0.2, 0) is 6.54 Å². The molecule has 1 aromatic carbocycles. The molecule has 0 radical (unpaired) electrons. The number of halogens is 2. The Labute approximate surface area is 85.3 Å². The van der Waals surface area contributed by atoms with E-state index in [1.807, 2.05) is 0 Å². The molecule has 1 aromatic rings. The molecule has 0 spiro atoms. The number of phenolic OH excluding ortho intramolecular Hbond substituents is 1. The van der Waals surface area contributed by atoms with Gasteiger partial charge in [0.25, 0.3) is 0 Å². The molecular weight excluding hydrogens is 208 g/mol. The van der Waals surface area contributed by atoms with Gasteiger partial charge >= 0.3 is 0 Å². The highest BCUT2D eigenvalue weighted by Gasteiger charge is 2.19. The van der Waals surface area contributed by atoms with Gasteiger partial charge in [-0.1, -0.05) is 0 Å². The maximum atomic E-state index is 13.3. The number of hydrogen-bond donors (Lipinski definition) is 2. The summed E-state index contributed by atoms with van der Waals surface area (Å²) in [6.45, 7) is -0.191. The van der Waals surface area contributed by atoms with E-state index in [0.29, 0.717) is 5.06 Å². The second-order valence-electron chi connectivity index (χ2n) is 3.03. The first-order valence-electron chi connectivity index (χ1n) is 4.11. The van der Waals surface area contributed by atoms with Crippen molar-refractivity contribution < 1.29 is 23.8 Å². The molecule has 0 saturated heterocycles. The SMILES string of the molecule is COc1c(F)cc(CN(C)O)c(O)c1F. The van der Waals surface area contributed by atoms with Gasteiger partial charge in [0.2, 0.25) is 5.82 Å². The van der Waals surface area contributed by atoms with Crippen LogP contribution >= 0.6 is 0 Å². The first kappa shape index (κ1) is 11.7. The molecule has 0 saturated carbocycles. The van der Waals surface area contributed by atoms with Gasteiger partial charge in [0.1, 0.15) is 0 Å². The molecule has 0 amide bonds. The molecule has 0 atom stereocenters. The zero-order chi connectivity index (χ0) is 11.6. The summed E-state index contributed by atoms with van der Waals surface area (Å²) in [5.74, 6) is -3.47. The predicted octanol–water partition coefficient (Wildman–Crippen LogP) is 1.50. The number of ether oxygens (including phenoxy) is 1. The van der Waals surface area contributed by atoms with Crippen LogP contribution in [0.15, 0.2) is 6.07 Å². The summed E-state index contributed by atoms with van der Waals surface area (Å²) in [5, 5.41) is 18.9. The van der Waals surface area contributed by atoms with E-state index < -0.39 is 23.1 Å². The normalized spacial score (nSPS) is 10.8. The summed E-state index contributed by atoms with van der Waals surface area (Å²) >= 11 is 0. The van der Waals surface area contributed by atoms with Crippen LogP contribution in [0.3, 0.4) is 0 Å². The Morgan fingerprint density at radius 1 is 1.47 bits per heavy atom. The third kappa shape index (κ3) is 2.34. The number of hydrogen-bond acceptors (Lipinski definition) is 4. The number of aromatic hydroxyl groups is 1. The summed E-state index contributed by atoms with van der Waals surface area (Å²) in [6.07, 6.45) is 0. The minimum Gasteiger partial charge on any atom is -0.504 e. The molecule has 84 valence electrons. The van der Waals surface area contributed by atoms with Gasteiger partial charge in [-0.2, -0.15) is 9.45 Å². The van der Waals surface area contributed by atoms with Crippen LogP contribution in [0.5, 0.6) is 11.5 Å². The molecule has 0 aliphatic rings. The standard InChI is InChI=1S/C9H11F2NO3/c1-12(14)4-5-3-6(10)9(15-2)7(11)8(5)13/h3,13-14H,4H2,1-2H3. The molecule has 15 heavy (non-hydrogen) atoms. The van der Waals surface area contributed by atoms with Crippen LogP contribution in [-0.4, -0.2) is 29.5 Å². The Hall–Kier alpha value is -1.40. The zero-order valence-electron chi connectivity index (χ0n) is 8.29. The van der Waals surface area contributed by atoms with E-state index in [1.165, 1.54) is 7.05 Å². The highest BCUT2D eigenvalue weighted by atomic mass is 19.1. The number of rotatable bonds is 3. The molecule has 0 fully saturated rings. The summed E-state index contributed by atoms with van der Waals surface area (Å²) in [6, 6.07) is 0.907. The summed E-state index contributed by atoms with van der Waals surface area (Å²) < 4.78 is 30.9. The Bertz CT molecular complexity index is 369. The first-order valence-corrected chi connectivity index (χ1v) is 4.11. The van der Waals surface area contributed by atoms with Crippen molar-refractivity contribution in [2.45, 2.75) is 6.54 Å². The van der Waals surface area contributed by atoms with Gasteiger partial charge < -0.3 is 15.1 Å². The van der Waals surface area contributed by atoms with Crippen LogP contribution in [0.2, 0.25) is 0 Å². The zero-order valence-corrected chi connectivity index (χ0v) is 8.29. The second-order valence-corrected chi connectivity index (χ2v) is 3.03. The van der Waals surface area contributed by atoms with E-state index in [-0.39, 0.29) is 12.1 Å². The van der Waals surface area contributed by atoms with Gasteiger partial charge in [-0.15, -0.1) is 0 Å². The topological polar surface area (TPSA) is 52.9 Å². The maximum Gasteiger partial charge on any atom is 0.209 e. The number of hydroxylamine groups is 2. The van der Waals surface area contributed by atoms with E-state index >= 15 is 0 Å². The van der Waals surface area contributed by atoms with Crippen molar-refractivity contribution >= 4 is 0 Å². The fraction of sp³-hybridized carbons (Fsp3) is 0.333. The number of methoxy groups -OCH3 is 1. The molecule has 6 heteroatoms. The van der Waals surface area contributed by atoms with Gasteiger partial charge in [0.15, 0.2) is 17.3 Å². The van der Waals surface area contributed by atoms with Crippen molar-refractivity contribution in [1.29, 1.82) is 0 Å². The average molecular weight is 219 g/mol. The summed E-state index contributed by atoms with van der Waals surface area (Å²) in [5.41, 5.74) is -0.0594. The Morgan fingerprint density at radius 3 is 2.53 bits per heavy atom. The molecule has 2 N–H and O–H groups in total. The van der Waals surface area contributed by atoms with Crippen LogP contribution in [0.4, 0.5) is 8.78 Å². The van der Waals surface area contributed by atoms with Gasteiger partial charge in [-0.25, -0.2) is 4.39 Å². The monoisotopic (exact) mass is 219 g/mol. The Morgan fingerprint density at radius 2 is 2.07 bits per heavy atom. The first-order chi connectivity index (χ1) is 6.97. The second kappa shape index (κ2) is 4.41. The molecule has 0 heterocycles. The van der Waals surface area contributed by atoms with E-state index in [2.05, 4.69) is 4.74 Å². The number of phenols is 1. The van der Waals surface area contributed by atoms with Crippen molar-refractivity contribution in [3.8, 4) is 11.5 Å². The smallest absolute Gasteiger partial charge is 0.209 e. The molecule has 1 rings (SSSR count). The van der Waals surface area contributed by atoms with E-state index in [0.717, 1.165) is 13.2 Å². The minimum atomic E-state index is -1.17. The molecule has 0 aliphatic heterocycles. The lowest BCUT2D eigenvalue weighted by Gasteiger charge is -2.12. The van der Waals surface area contributed by atoms with Crippen LogP contribution < -0.4 is 4.74 Å². The van der Waals surface area contributed by atoms with E-state index in [9.17, 15) is 13.9 Å². The van der Waals surface area contributed by atoms with Crippen LogP contribution in [0, 0.1) is 11.6 Å². The Balaban J connectivity index is 3.21. The van der Waals surface area contributed by atoms with Crippen molar-refractivity contribution in [3.63, 3.8) is 0 Å². The minimum absolute atomic E-state index is 0.0594. The van der Waals surface area contributed by atoms with Crippen LogP contribution in [0.25, 0.3) is 0 Å². The van der Waals surface area contributed by atoms with Crippen molar-refractivity contribution in [1.82, 2.24) is 5.06 Å². The lowest BCUT2D eigenvalue weighted by molar-refractivity contribution is -0.0737. The quantitative estimate of drug-likeness (QED) is 0.756. The van der Waals surface area contributed by atoms with Gasteiger partial charge in [-0.05, 0) is 6.07 Å². The Kier molecular flexibility index (Phi) is 3.43. The van der Waals surface area contributed by atoms with Crippen molar-refractivity contribution in [3.05, 3.63) is 23.3 Å². The number of nitrogens with zero attached hydrogens (tertiary/aromatic N) is 1. The highest BCUT2D eigenvalue weighted by Crippen LogP contribution is 2.32. The van der Waals surface area contributed by atoms with E-state index in [4.69, 9.17) is 5.21 Å². The fourth-order valence-electron chi connectivity index (χ4n) is 1.19. The largest absolute Gasteiger partial charge is 0.504 e. The van der Waals surface area contributed by atoms with Gasteiger partial charge in [0, 0.05) is 12.6 Å². The van der Waals surface area contributed by atoms with Gasteiger partial charge in [0.05, 0.1) is 13.7 Å². The molecular formula is C9H11F2NO3. The fourth-order valence-corrected chi connectivity index (χ4v) is 1.19. The maximum absolute atomic E-state index is 13.3. The molecule has 0 aromatic heterocycles. The average Bonchev–Trinajstić information content (AvgIpc) is 2.14. The molecule has 0 bridgehead atoms. The highest BCUT2D eigenvalue weighted by molar-refractivity contribution is 5.42. The lowest BCUT2D eigenvalue weighted by Crippen LogP contribution is -2.12.